The molecule has 0 atom stereocenters. The molecule has 0 spiro atoms. The van der Waals surface area contributed by atoms with Gasteiger partial charge in [-0.05, 0) is 25.3 Å². The van der Waals surface area contributed by atoms with Crippen LogP contribution in [0.3, 0.4) is 0 Å². The van der Waals surface area contributed by atoms with Crippen molar-refractivity contribution in [2.24, 2.45) is 0 Å². The van der Waals surface area contributed by atoms with E-state index in [0.717, 1.165) is 67.1 Å². The summed E-state index contributed by atoms with van der Waals surface area (Å²) in [5, 5.41) is 10.2. The Morgan fingerprint density at radius 3 is 2.68 bits per heavy atom. The molecular weight excluding hydrogens is 394 g/mol. The van der Waals surface area contributed by atoms with Gasteiger partial charge in [-0.1, -0.05) is 13.8 Å². The van der Waals surface area contributed by atoms with E-state index in [4.69, 9.17) is 14.1 Å². The number of nitrogens with one attached hydrogen (secondary N) is 1. The molecule has 2 aliphatic rings. The predicted molar refractivity (Wildman–Crippen MR) is 119 cm³/mol. The second-order valence-electron chi connectivity index (χ2n) is 9.70. The van der Waals surface area contributed by atoms with Gasteiger partial charge in [-0.15, -0.1) is 0 Å². The SMILES string of the molecule is CC(C)c1nc2oc3c(N4CC[NH+](CCO)CC4)ncnc3c2c2c1COC(C)(C)C2. The molecule has 1 saturated heterocycles. The normalized spacial score (nSPS) is 19.5. The number of fused-ring (bicyclic) bond motifs is 5. The molecule has 0 bridgehead atoms. The molecule has 1 fully saturated rings. The van der Waals surface area contributed by atoms with Crippen molar-refractivity contribution in [3.05, 3.63) is 23.1 Å². The van der Waals surface area contributed by atoms with Crippen molar-refractivity contribution >= 4 is 28.0 Å². The van der Waals surface area contributed by atoms with Crippen LogP contribution in [0.5, 0.6) is 0 Å². The van der Waals surface area contributed by atoms with Gasteiger partial charge in [-0.25, -0.2) is 15.0 Å². The minimum absolute atomic E-state index is 0.228. The second kappa shape index (κ2) is 7.69. The zero-order valence-electron chi connectivity index (χ0n) is 18.9. The number of ether oxygens (including phenoxy) is 1. The molecule has 0 saturated carbocycles. The van der Waals surface area contributed by atoms with Crippen molar-refractivity contribution < 1.29 is 19.2 Å². The molecule has 2 aliphatic heterocycles. The number of furan rings is 1. The van der Waals surface area contributed by atoms with Gasteiger partial charge in [0.05, 0.1) is 56.1 Å². The summed E-state index contributed by atoms with van der Waals surface area (Å²) in [7, 11) is 0. The molecule has 31 heavy (non-hydrogen) atoms. The number of hydrogen-bond donors (Lipinski definition) is 2. The third-order valence-electron chi connectivity index (χ3n) is 6.62. The second-order valence-corrected chi connectivity index (χ2v) is 9.70. The first-order valence-corrected chi connectivity index (χ1v) is 11.3. The fraction of sp³-hybridized carbons (Fsp3) is 0.609. The van der Waals surface area contributed by atoms with Crippen LogP contribution in [-0.4, -0.2) is 65.0 Å². The van der Waals surface area contributed by atoms with E-state index < -0.39 is 0 Å². The van der Waals surface area contributed by atoms with Crippen molar-refractivity contribution in [1.29, 1.82) is 0 Å². The third-order valence-corrected chi connectivity index (χ3v) is 6.62. The van der Waals surface area contributed by atoms with Crippen LogP contribution in [0.4, 0.5) is 5.82 Å². The molecule has 5 rings (SSSR count). The number of aromatic nitrogens is 3. The smallest absolute Gasteiger partial charge is 0.229 e. The largest absolute Gasteiger partial charge is 0.432 e. The van der Waals surface area contributed by atoms with Crippen molar-refractivity contribution in [3.63, 3.8) is 0 Å². The van der Waals surface area contributed by atoms with Crippen LogP contribution in [0, 0.1) is 0 Å². The van der Waals surface area contributed by atoms with Crippen molar-refractivity contribution in [2.45, 2.75) is 52.2 Å². The third kappa shape index (κ3) is 3.56. The minimum atomic E-state index is -0.235. The first-order chi connectivity index (χ1) is 14.9. The number of aliphatic hydroxyl groups excluding tert-OH is 1. The molecule has 0 radical (unpaired) electrons. The number of piperazine rings is 1. The van der Waals surface area contributed by atoms with Crippen LogP contribution in [0.25, 0.3) is 22.2 Å². The number of aliphatic hydroxyl groups is 1. The van der Waals surface area contributed by atoms with Crippen molar-refractivity contribution in [1.82, 2.24) is 15.0 Å². The Hall–Kier alpha value is -2.29. The number of rotatable bonds is 4. The van der Waals surface area contributed by atoms with Gasteiger partial charge in [0.15, 0.2) is 11.4 Å². The molecule has 3 aromatic heterocycles. The Morgan fingerprint density at radius 1 is 1.19 bits per heavy atom. The van der Waals surface area contributed by atoms with E-state index in [-0.39, 0.29) is 18.1 Å². The topological polar surface area (TPSA) is 89.0 Å². The van der Waals surface area contributed by atoms with Crippen LogP contribution < -0.4 is 9.80 Å². The number of nitrogens with zero attached hydrogens (tertiary/aromatic N) is 4. The maximum atomic E-state index is 9.23. The molecule has 166 valence electrons. The average Bonchev–Trinajstić information content (AvgIpc) is 3.12. The van der Waals surface area contributed by atoms with Gasteiger partial charge in [0.25, 0.3) is 0 Å². The molecule has 2 N–H and O–H groups in total. The lowest BCUT2D eigenvalue weighted by Crippen LogP contribution is -3.15. The van der Waals surface area contributed by atoms with Gasteiger partial charge in [-0.3, -0.25) is 0 Å². The van der Waals surface area contributed by atoms with Gasteiger partial charge in [0.2, 0.25) is 5.71 Å². The first-order valence-electron chi connectivity index (χ1n) is 11.3. The highest BCUT2D eigenvalue weighted by Gasteiger charge is 2.33. The molecule has 8 nitrogen and oxygen atoms in total. The fourth-order valence-corrected chi connectivity index (χ4v) is 4.96. The molecule has 5 heterocycles. The monoisotopic (exact) mass is 426 g/mol. The van der Waals surface area contributed by atoms with Gasteiger partial charge in [-0.2, -0.15) is 0 Å². The molecule has 0 amide bonds. The Kier molecular flexibility index (Phi) is 5.11. The van der Waals surface area contributed by atoms with Crippen LogP contribution >= 0.6 is 0 Å². The highest BCUT2D eigenvalue weighted by atomic mass is 16.5. The molecule has 8 heteroatoms. The van der Waals surface area contributed by atoms with Crippen LogP contribution in [-0.2, 0) is 17.8 Å². The molecular formula is C23H32N5O3+. The van der Waals surface area contributed by atoms with Crippen LogP contribution in [0.15, 0.2) is 10.7 Å². The lowest BCUT2D eigenvalue weighted by atomic mass is 9.87. The number of quaternary nitrogens is 1. The zero-order valence-corrected chi connectivity index (χ0v) is 18.9. The molecule has 0 aromatic carbocycles. The summed E-state index contributed by atoms with van der Waals surface area (Å²) in [6.07, 6.45) is 2.45. The average molecular weight is 427 g/mol. The van der Waals surface area contributed by atoms with Crippen molar-refractivity contribution in [2.75, 3.05) is 44.2 Å². The van der Waals surface area contributed by atoms with Gasteiger partial charge in [0, 0.05) is 12.0 Å². The highest BCUT2D eigenvalue weighted by molar-refractivity contribution is 6.06. The Balaban J connectivity index is 1.65. The summed E-state index contributed by atoms with van der Waals surface area (Å²) < 4.78 is 12.5. The molecule has 0 aliphatic carbocycles. The lowest BCUT2D eigenvalue weighted by Gasteiger charge is -2.33. The Bertz CT molecular complexity index is 1120. The molecule has 0 unspecified atom stereocenters. The van der Waals surface area contributed by atoms with E-state index in [2.05, 4.69) is 42.6 Å². The van der Waals surface area contributed by atoms with Crippen LogP contribution in [0.1, 0.15) is 50.4 Å². The predicted octanol–water partition coefficient (Wildman–Crippen LogP) is 1.44. The summed E-state index contributed by atoms with van der Waals surface area (Å²) in [4.78, 5) is 17.9. The van der Waals surface area contributed by atoms with Gasteiger partial charge in [0.1, 0.15) is 18.4 Å². The van der Waals surface area contributed by atoms with Crippen LogP contribution in [0.2, 0.25) is 0 Å². The lowest BCUT2D eigenvalue weighted by molar-refractivity contribution is -0.900. The van der Waals surface area contributed by atoms with E-state index in [1.807, 2.05) is 0 Å². The number of hydrogen-bond acceptors (Lipinski definition) is 7. The quantitative estimate of drug-likeness (QED) is 0.653. The maximum absolute atomic E-state index is 9.23. The summed E-state index contributed by atoms with van der Waals surface area (Å²) >= 11 is 0. The van der Waals surface area contributed by atoms with E-state index in [1.54, 1.807) is 6.33 Å². The summed E-state index contributed by atoms with van der Waals surface area (Å²) in [5.74, 6) is 1.13. The zero-order chi connectivity index (χ0) is 21.8. The summed E-state index contributed by atoms with van der Waals surface area (Å²) in [6, 6.07) is 0. The molecule has 3 aromatic rings. The van der Waals surface area contributed by atoms with E-state index in [0.29, 0.717) is 12.3 Å². The summed E-state index contributed by atoms with van der Waals surface area (Å²) in [5.41, 5.74) is 5.48. The van der Waals surface area contributed by atoms with E-state index in [9.17, 15) is 5.11 Å². The highest BCUT2D eigenvalue weighted by Crippen LogP contribution is 2.41. The van der Waals surface area contributed by atoms with Gasteiger partial charge >= 0.3 is 0 Å². The van der Waals surface area contributed by atoms with E-state index >= 15 is 0 Å². The Labute approximate surface area is 182 Å². The maximum Gasteiger partial charge on any atom is 0.229 e. The number of pyridine rings is 1. The van der Waals surface area contributed by atoms with E-state index in [1.165, 1.54) is 16.0 Å². The summed E-state index contributed by atoms with van der Waals surface area (Å²) in [6.45, 7) is 13.9. The Morgan fingerprint density at radius 2 is 1.97 bits per heavy atom. The minimum Gasteiger partial charge on any atom is -0.432 e. The first kappa shape index (κ1) is 20.6. The van der Waals surface area contributed by atoms with Crippen molar-refractivity contribution in [3.8, 4) is 0 Å². The fourth-order valence-electron chi connectivity index (χ4n) is 4.96. The number of anilines is 1. The standard InChI is InChI=1S/C23H31N5O3/c1-14(2)18-16-12-30-23(3,4)11-15(16)17-19-20(31-22(17)26-18)21(25-13-24-19)28-7-5-27(6-8-28)9-10-29/h13-14,29H,5-12H2,1-4H3/p+1. The van der Waals surface area contributed by atoms with Gasteiger partial charge < -0.3 is 24.1 Å².